The van der Waals surface area contributed by atoms with E-state index in [0.717, 1.165) is 18.2 Å². The number of carbonyl (C=O) groups excluding carboxylic acids is 1. The van der Waals surface area contributed by atoms with Gasteiger partial charge in [-0.05, 0) is 49.2 Å². The fourth-order valence-electron chi connectivity index (χ4n) is 4.87. The summed E-state index contributed by atoms with van der Waals surface area (Å²) in [4.78, 5) is 15.5. The van der Waals surface area contributed by atoms with Crippen LogP contribution < -0.4 is 14.9 Å². The molecular formula is C25H21F4N3O3S. The first-order valence-corrected chi connectivity index (χ1v) is 12.7. The van der Waals surface area contributed by atoms with Crippen LogP contribution in [-0.2, 0) is 21.2 Å². The molecule has 5 rings (SSSR count). The van der Waals surface area contributed by atoms with Crippen molar-refractivity contribution < 1.29 is 30.8 Å². The summed E-state index contributed by atoms with van der Waals surface area (Å²) in [5.74, 6) is -4.90. The van der Waals surface area contributed by atoms with E-state index in [9.17, 15) is 30.8 Å². The van der Waals surface area contributed by atoms with Gasteiger partial charge in [0, 0.05) is 35.9 Å². The maximum atomic E-state index is 14.9. The number of anilines is 2. The van der Waals surface area contributed by atoms with Gasteiger partial charge in [0.1, 0.15) is 16.5 Å². The largest absolute Gasteiger partial charge is 0.367 e. The number of nitrogens with two attached hydrogens (primary N) is 1. The van der Waals surface area contributed by atoms with Crippen LogP contribution in [0.25, 0.3) is 11.1 Å². The van der Waals surface area contributed by atoms with E-state index in [1.807, 2.05) is 0 Å². The Morgan fingerprint density at radius 1 is 0.917 bits per heavy atom. The van der Waals surface area contributed by atoms with Gasteiger partial charge in [0.2, 0.25) is 15.9 Å². The number of rotatable bonds is 4. The highest BCUT2D eigenvalue weighted by atomic mass is 32.2. The summed E-state index contributed by atoms with van der Waals surface area (Å²) in [5, 5.41) is 5.11. The minimum atomic E-state index is -4.34. The van der Waals surface area contributed by atoms with Crippen molar-refractivity contribution in [2.45, 2.75) is 24.3 Å². The second-order valence-electron chi connectivity index (χ2n) is 9.06. The first-order valence-electron chi connectivity index (χ1n) is 11.1. The van der Waals surface area contributed by atoms with E-state index in [1.54, 1.807) is 6.92 Å². The van der Waals surface area contributed by atoms with Crippen molar-refractivity contribution in [2.24, 2.45) is 11.1 Å². The van der Waals surface area contributed by atoms with E-state index in [0.29, 0.717) is 12.0 Å². The fourth-order valence-corrected chi connectivity index (χ4v) is 5.48. The van der Waals surface area contributed by atoms with E-state index in [4.69, 9.17) is 5.14 Å². The molecular weight excluding hydrogens is 498 g/mol. The molecule has 0 aromatic heterocycles. The van der Waals surface area contributed by atoms with Crippen molar-refractivity contribution in [1.29, 1.82) is 0 Å². The molecule has 2 N–H and O–H groups in total. The molecule has 0 spiro atoms. The molecule has 1 amide bonds. The Kier molecular flexibility index (Phi) is 5.79. The Balaban J connectivity index is 1.36. The topological polar surface area (TPSA) is 83.7 Å². The number of hydrogen-bond acceptors (Lipinski definition) is 4. The van der Waals surface area contributed by atoms with Crippen LogP contribution in [0.2, 0.25) is 0 Å². The van der Waals surface area contributed by atoms with Crippen LogP contribution in [-0.4, -0.2) is 33.5 Å². The highest BCUT2D eigenvalue weighted by Crippen LogP contribution is 2.39. The third-order valence-electron chi connectivity index (χ3n) is 6.69. The molecule has 2 aliphatic rings. The molecule has 188 valence electrons. The summed E-state index contributed by atoms with van der Waals surface area (Å²) in [7, 11) is -4.34. The average molecular weight is 520 g/mol. The number of primary sulfonamides is 1. The van der Waals surface area contributed by atoms with Crippen LogP contribution in [0.5, 0.6) is 0 Å². The molecule has 1 saturated heterocycles. The maximum absolute atomic E-state index is 14.9. The van der Waals surface area contributed by atoms with Gasteiger partial charge in [0.05, 0.1) is 11.6 Å². The third kappa shape index (κ3) is 3.92. The van der Waals surface area contributed by atoms with Crippen molar-refractivity contribution in [3.05, 3.63) is 77.4 Å². The van der Waals surface area contributed by atoms with Crippen LogP contribution >= 0.6 is 0 Å². The number of hydrogen-bond donors (Lipinski definition) is 1. The lowest BCUT2D eigenvalue weighted by Gasteiger charge is -2.42. The number of benzene rings is 3. The Bertz CT molecular complexity index is 1510. The lowest BCUT2D eigenvalue weighted by atomic mass is 9.95. The fraction of sp³-hybridized carbons (Fsp3) is 0.240. The molecule has 1 fully saturated rings. The third-order valence-corrected chi connectivity index (χ3v) is 7.62. The van der Waals surface area contributed by atoms with Gasteiger partial charge in [0.25, 0.3) is 0 Å². The van der Waals surface area contributed by atoms with E-state index in [-0.39, 0.29) is 47.5 Å². The summed E-state index contributed by atoms with van der Waals surface area (Å²) < 4.78 is 81.5. The van der Waals surface area contributed by atoms with Crippen molar-refractivity contribution in [2.75, 3.05) is 22.9 Å². The summed E-state index contributed by atoms with van der Waals surface area (Å²) in [6, 6.07) is 9.90. The van der Waals surface area contributed by atoms with Crippen LogP contribution in [0.3, 0.4) is 0 Å². The second kappa shape index (κ2) is 8.59. The number of amides is 1. The van der Waals surface area contributed by atoms with Gasteiger partial charge in [-0.2, -0.15) is 0 Å². The van der Waals surface area contributed by atoms with Gasteiger partial charge in [-0.3, -0.25) is 4.79 Å². The van der Waals surface area contributed by atoms with Gasteiger partial charge < -0.3 is 9.80 Å². The minimum absolute atomic E-state index is 0.0508. The SMILES string of the molecule is CC1Cc2cc(F)c(S(N)(=O)=O)cc2N1C(=O)C1CN(c2ccc(-c3ccccc3F)c(F)c2F)C1. The standard InChI is InChI=1S/C25H21F4N3O3S/c1-13-8-14-9-19(27)22(36(30,34)35)10-21(14)32(13)25(33)15-11-31(12-15)20-7-6-17(23(28)24(20)29)16-4-2-3-5-18(16)26/h2-7,9-10,13,15H,8,11-12H2,1H3,(H2,30,34,35). The molecule has 1 atom stereocenters. The zero-order valence-electron chi connectivity index (χ0n) is 19.0. The molecule has 0 aliphatic carbocycles. The predicted molar refractivity (Wildman–Crippen MR) is 126 cm³/mol. The van der Waals surface area contributed by atoms with E-state index in [1.165, 1.54) is 40.1 Å². The summed E-state index contributed by atoms with van der Waals surface area (Å²) in [5.41, 5.74) is 0.429. The lowest BCUT2D eigenvalue weighted by molar-refractivity contribution is -0.123. The first kappa shape index (κ1) is 24.3. The molecule has 6 nitrogen and oxygen atoms in total. The molecule has 1 unspecified atom stereocenters. The molecule has 3 aromatic carbocycles. The summed E-state index contributed by atoms with van der Waals surface area (Å²) >= 11 is 0. The zero-order chi connectivity index (χ0) is 25.9. The molecule has 3 aromatic rings. The van der Waals surface area contributed by atoms with E-state index in [2.05, 4.69) is 0 Å². The van der Waals surface area contributed by atoms with Crippen molar-refractivity contribution in [3.63, 3.8) is 0 Å². The Labute approximate surface area is 205 Å². The second-order valence-corrected chi connectivity index (χ2v) is 10.6. The molecule has 0 bridgehead atoms. The number of sulfonamides is 1. The molecule has 2 aliphatic heterocycles. The monoisotopic (exact) mass is 519 g/mol. The Morgan fingerprint density at radius 2 is 1.61 bits per heavy atom. The van der Waals surface area contributed by atoms with Gasteiger partial charge in [-0.25, -0.2) is 31.1 Å². The van der Waals surface area contributed by atoms with Crippen LogP contribution in [0.15, 0.2) is 53.4 Å². The smallest absolute Gasteiger partial charge is 0.241 e. The van der Waals surface area contributed by atoms with E-state index < -0.39 is 44.1 Å². The average Bonchev–Trinajstić information content (AvgIpc) is 3.09. The predicted octanol–water partition coefficient (Wildman–Crippen LogP) is 3.97. The molecule has 0 saturated carbocycles. The Hall–Kier alpha value is -3.44. The number of halogens is 4. The molecule has 11 heteroatoms. The number of nitrogens with zero attached hydrogens (tertiary/aromatic N) is 2. The van der Waals surface area contributed by atoms with Gasteiger partial charge in [0.15, 0.2) is 11.6 Å². The quantitative estimate of drug-likeness (QED) is 0.529. The maximum Gasteiger partial charge on any atom is 0.241 e. The number of carbonyl (C=O) groups is 1. The number of fused-ring (bicyclic) bond motifs is 1. The van der Waals surface area contributed by atoms with Crippen molar-refractivity contribution in [3.8, 4) is 11.1 Å². The van der Waals surface area contributed by atoms with Gasteiger partial charge >= 0.3 is 0 Å². The minimum Gasteiger partial charge on any atom is -0.367 e. The highest BCUT2D eigenvalue weighted by Gasteiger charge is 2.42. The summed E-state index contributed by atoms with van der Waals surface area (Å²) in [6.45, 7) is 1.94. The van der Waals surface area contributed by atoms with E-state index >= 15 is 0 Å². The first-order chi connectivity index (χ1) is 17.0. The lowest BCUT2D eigenvalue weighted by Crippen LogP contribution is -2.56. The van der Waals surface area contributed by atoms with Gasteiger partial charge in [-0.1, -0.05) is 18.2 Å². The molecule has 0 radical (unpaired) electrons. The van der Waals surface area contributed by atoms with Crippen molar-refractivity contribution in [1.82, 2.24) is 0 Å². The van der Waals surface area contributed by atoms with Crippen LogP contribution in [0, 0.1) is 29.2 Å². The zero-order valence-corrected chi connectivity index (χ0v) is 19.8. The molecule has 2 heterocycles. The van der Waals surface area contributed by atoms with Crippen LogP contribution in [0.1, 0.15) is 12.5 Å². The molecule has 36 heavy (non-hydrogen) atoms. The Morgan fingerprint density at radius 3 is 2.28 bits per heavy atom. The summed E-state index contributed by atoms with van der Waals surface area (Å²) in [6.07, 6.45) is 0.330. The normalized spacial score (nSPS) is 17.8. The van der Waals surface area contributed by atoms with Gasteiger partial charge in [-0.15, -0.1) is 0 Å². The van der Waals surface area contributed by atoms with Crippen LogP contribution in [0.4, 0.5) is 28.9 Å². The van der Waals surface area contributed by atoms with Crippen molar-refractivity contribution >= 4 is 27.3 Å². The highest BCUT2D eigenvalue weighted by molar-refractivity contribution is 7.89.